The van der Waals surface area contributed by atoms with Crippen molar-refractivity contribution in [3.8, 4) is 16.9 Å². The van der Waals surface area contributed by atoms with Crippen LogP contribution < -0.4 is 14.8 Å². The van der Waals surface area contributed by atoms with Crippen LogP contribution in [0.5, 0.6) is 5.75 Å². The average molecular weight is 581 g/mol. The molecular formula is C31H36N2O7S. The largest absolute Gasteiger partial charge is 0.496 e. The Morgan fingerprint density at radius 2 is 1.56 bits per heavy atom. The molecule has 1 atom stereocenters. The molecule has 0 aromatic heterocycles. The number of carbonyl (C=O) groups excluding carboxylic acids is 1. The number of amides is 1. The van der Waals surface area contributed by atoms with Crippen LogP contribution in [0.1, 0.15) is 53.0 Å². The summed E-state index contributed by atoms with van der Waals surface area (Å²) in [6.07, 6.45) is 0.0903. The number of carbonyl (C=O) groups is 2. The maximum absolute atomic E-state index is 13.0. The third kappa shape index (κ3) is 6.55. The number of rotatable bonds is 12. The summed E-state index contributed by atoms with van der Waals surface area (Å²) >= 11 is 0. The van der Waals surface area contributed by atoms with Crippen molar-refractivity contribution >= 4 is 22.1 Å². The summed E-state index contributed by atoms with van der Waals surface area (Å²) in [5.74, 6) is -0.687. The average Bonchev–Trinajstić information content (AvgIpc) is 3.26. The number of hydrogen-bond donors (Lipinski definition) is 3. The van der Waals surface area contributed by atoms with E-state index in [2.05, 4.69) is 10.0 Å². The Hall–Kier alpha value is -3.89. The van der Waals surface area contributed by atoms with Gasteiger partial charge < -0.3 is 19.9 Å². The van der Waals surface area contributed by atoms with Gasteiger partial charge in [0.1, 0.15) is 18.4 Å². The van der Waals surface area contributed by atoms with Crippen molar-refractivity contribution in [3.63, 3.8) is 0 Å². The van der Waals surface area contributed by atoms with Crippen LogP contribution in [0.2, 0.25) is 0 Å². The van der Waals surface area contributed by atoms with E-state index in [4.69, 9.17) is 9.47 Å². The zero-order chi connectivity index (χ0) is 29.7. The zero-order valence-electron chi connectivity index (χ0n) is 23.7. The summed E-state index contributed by atoms with van der Waals surface area (Å²) in [5, 5.41) is 12.1. The molecule has 10 heteroatoms. The predicted octanol–water partition coefficient (Wildman–Crippen LogP) is 5.06. The molecule has 3 N–H and O–H groups in total. The van der Waals surface area contributed by atoms with Gasteiger partial charge in [0.05, 0.1) is 12.0 Å². The Labute approximate surface area is 240 Å². The van der Waals surface area contributed by atoms with Gasteiger partial charge in [-0.2, -0.15) is 0 Å². The number of ether oxygens (including phenoxy) is 2. The fourth-order valence-electron chi connectivity index (χ4n) is 5.44. The van der Waals surface area contributed by atoms with E-state index >= 15 is 0 Å². The van der Waals surface area contributed by atoms with E-state index in [0.29, 0.717) is 29.7 Å². The molecule has 9 nitrogen and oxygen atoms in total. The Bertz CT molecular complexity index is 1510. The molecule has 1 amide bonds. The van der Waals surface area contributed by atoms with Crippen LogP contribution in [0.3, 0.4) is 0 Å². The molecule has 218 valence electrons. The van der Waals surface area contributed by atoms with Crippen LogP contribution in [0.15, 0.2) is 59.5 Å². The Morgan fingerprint density at radius 3 is 2.15 bits per heavy atom. The number of carboxylic acids is 1. The van der Waals surface area contributed by atoms with Crippen molar-refractivity contribution in [2.24, 2.45) is 0 Å². The van der Waals surface area contributed by atoms with Crippen LogP contribution in [-0.4, -0.2) is 51.9 Å². The number of aryl methyl sites for hydroxylation is 1. The molecule has 0 saturated carbocycles. The minimum Gasteiger partial charge on any atom is -0.496 e. The molecule has 0 unspecified atom stereocenters. The lowest BCUT2D eigenvalue weighted by atomic mass is 9.98. The lowest BCUT2D eigenvalue weighted by Gasteiger charge is -2.18. The summed E-state index contributed by atoms with van der Waals surface area (Å²) in [6.45, 7) is 5.48. The number of nitrogens with one attached hydrogen (secondary N) is 2. The first-order valence-electron chi connectivity index (χ1n) is 13.5. The van der Waals surface area contributed by atoms with E-state index in [1.165, 1.54) is 0 Å². The quantitative estimate of drug-likeness (QED) is 0.255. The fourth-order valence-corrected chi connectivity index (χ4v) is 7.04. The number of hydrogen-bond acceptors (Lipinski definition) is 6. The smallest absolute Gasteiger partial charge is 0.407 e. The van der Waals surface area contributed by atoms with Gasteiger partial charge in [-0.3, -0.25) is 0 Å². The number of methoxy groups -OCH3 is 1. The minimum absolute atomic E-state index is 0.0810. The van der Waals surface area contributed by atoms with E-state index in [1.807, 2.05) is 55.5 Å². The number of alkyl carbamates (subject to hydrolysis) is 1. The molecule has 1 aliphatic carbocycles. The van der Waals surface area contributed by atoms with Gasteiger partial charge in [-0.15, -0.1) is 0 Å². The Kier molecular flexibility index (Phi) is 9.35. The molecule has 3 aromatic carbocycles. The van der Waals surface area contributed by atoms with Crippen LogP contribution in [0.25, 0.3) is 11.1 Å². The summed E-state index contributed by atoms with van der Waals surface area (Å²) in [7, 11) is -2.23. The second-order valence-electron chi connectivity index (χ2n) is 10.2. The van der Waals surface area contributed by atoms with Gasteiger partial charge in [0.2, 0.25) is 10.0 Å². The molecule has 41 heavy (non-hydrogen) atoms. The molecular weight excluding hydrogens is 544 g/mol. The van der Waals surface area contributed by atoms with Gasteiger partial charge in [0.25, 0.3) is 0 Å². The highest BCUT2D eigenvalue weighted by atomic mass is 32.2. The highest BCUT2D eigenvalue weighted by Crippen LogP contribution is 2.44. The second-order valence-corrected chi connectivity index (χ2v) is 11.9. The molecule has 4 rings (SSSR count). The maximum Gasteiger partial charge on any atom is 0.407 e. The summed E-state index contributed by atoms with van der Waals surface area (Å²) in [5.41, 5.74) is 6.28. The highest BCUT2D eigenvalue weighted by molar-refractivity contribution is 7.89. The Morgan fingerprint density at radius 1 is 0.951 bits per heavy atom. The Balaban J connectivity index is 1.28. The monoisotopic (exact) mass is 580 g/mol. The molecule has 0 aliphatic heterocycles. The third-order valence-electron chi connectivity index (χ3n) is 7.61. The van der Waals surface area contributed by atoms with E-state index in [-0.39, 0.29) is 30.4 Å². The molecule has 1 aliphatic rings. The summed E-state index contributed by atoms with van der Waals surface area (Å²) < 4.78 is 39.4. The van der Waals surface area contributed by atoms with Gasteiger partial charge in [-0.25, -0.2) is 22.7 Å². The second kappa shape index (κ2) is 12.7. The first kappa shape index (κ1) is 30.1. The molecule has 0 saturated heterocycles. The summed E-state index contributed by atoms with van der Waals surface area (Å²) in [4.78, 5) is 24.6. The fraction of sp³-hybridized carbons (Fsp3) is 0.355. The molecule has 0 heterocycles. The van der Waals surface area contributed by atoms with E-state index < -0.39 is 28.1 Å². The van der Waals surface area contributed by atoms with Crippen LogP contribution in [0.4, 0.5) is 4.79 Å². The normalized spacial score (nSPS) is 13.3. The number of aliphatic carboxylic acids is 1. The molecule has 0 radical (unpaired) electrons. The zero-order valence-corrected chi connectivity index (χ0v) is 24.5. The number of sulfonamides is 1. The lowest BCUT2D eigenvalue weighted by molar-refractivity contribution is -0.139. The topological polar surface area (TPSA) is 131 Å². The minimum atomic E-state index is -3.77. The number of benzene rings is 3. The van der Waals surface area contributed by atoms with Gasteiger partial charge in [0, 0.05) is 12.5 Å². The molecule has 0 fully saturated rings. The van der Waals surface area contributed by atoms with Gasteiger partial charge in [-0.05, 0) is 85.0 Å². The third-order valence-corrected chi connectivity index (χ3v) is 9.36. The first-order valence-corrected chi connectivity index (χ1v) is 15.0. The number of fused-ring (bicyclic) bond motifs is 3. The van der Waals surface area contributed by atoms with E-state index in [1.54, 1.807) is 27.0 Å². The van der Waals surface area contributed by atoms with E-state index in [9.17, 15) is 23.1 Å². The van der Waals surface area contributed by atoms with Gasteiger partial charge in [0.15, 0.2) is 0 Å². The maximum atomic E-state index is 13.0. The van der Waals surface area contributed by atoms with Crippen molar-refractivity contribution in [1.82, 2.24) is 10.0 Å². The highest BCUT2D eigenvalue weighted by Gasteiger charge is 2.30. The molecule has 3 aromatic rings. The number of unbranched alkanes of at least 4 members (excludes halogenated alkanes) is 1. The van der Waals surface area contributed by atoms with Crippen molar-refractivity contribution in [2.45, 2.75) is 56.9 Å². The predicted molar refractivity (Wildman–Crippen MR) is 156 cm³/mol. The van der Waals surface area contributed by atoms with Gasteiger partial charge >= 0.3 is 12.1 Å². The standard InChI is InChI=1S/C31H36N2O7S/c1-19-17-28(39-4)20(2)21(3)29(19)41(37,38)32-16-10-9-15-27(30(34)35)33-31(36)40-18-26-24-13-7-5-11-22(24)23-12-6-8-14-25(23)26/h5-8,11-14,17,26-27,32H,9-10,15-16,18H2,1-4H3,(H,33,36)(H,34,35)/t27-/m0/s1. The van der Waals surface area contributed by atoms with Crippen LogP contribution >= 0.6 is 0 Å². The molecule has 0 spiro atoms. The SMILES string of the molecule is COc1cc(C)c(S(=O)(=O)NCCCC[C@H](NC(=O)OCC2c3ccccc3-c3ccccc32)C(=O)O)c(C)c1C. The van der Waals surface area contributed by atoms with E-state index in [0.717, 1.165) is 27.8 Å². The van der Waals surface area contributed by atoms with Crippen molar-refractivity contribution in [3.05, 3.63) is 82.4 Å². The van der Waals surface area contributed by atoms with Crippen LogP contribution in [0, 0.1) is 20.8 Å². The van der Waals surface area contributed by atoms with Gasteiger partial charge in [-0.1, -0.05) is 48.5 Å². The lowest BCUT2D eigenvalue weighted by Crippen LogP contribution is -2.41. The number of carboxylic acid groups (broad SMARTS) is 1. The summed E-state index contributed by atoms with van der Waals surface area (Å²) in [6, 6.07) is 16.5. The van der Waals surface area contributed by atoms with Crippen LogP contribution in [-0.2, 0) is 19.6 Å². The first-order chi connectivity index (χ1) is 19.5. The van der Waals surface area contributed by atoms with Crippen molar-refractivity contribution in [2.75, 3.05) is 20.3 Å². The van der Waals surface area contributed by atoms with Crippen molar-refractivity contribution < 1.29 is 32.6 Å². The molecule has 0 bridgehead atoms. The van der Waals surface area contributed by atoms with Crippen molar-refractivity contribution in [1.29, 1.82) is 0 Å².